The molecule has 144 valence electrons. The van der Waals surface area contributed by atoms with Crippen molar-refractivity contribution in [3.05, 3.63) is 59.7 Å². The molecular weight excluding hydrogens is 342 g/mol. The van der Waals surface area contributed by atoms with Crippen molar-refractivity contribution in [1.82, 2.24) is 10.2 Å². The normalized spacial score (nSPS) is 10.5. The number of aryl methyl sites for hydroxylation is 1. The smallest absolute Gasteiger partial charge is 0.238 e. The number of carbonyl (C=O) groups excluding carboxylic acids is 2. The molecule has 6 heteroatoms. The van der Waals surface area contributed by atoms with Crippen molar-refractivity contribution in [2.75, 3.05) is 32.1 Å². The number of benzene rings is 2. The molecule has 0 saturated carbocycles. The van der Waals surface area contributed by atoms with Crippen LogP contribution >= 0.6 is 0 Å². The molecule has 0 heterocycles. The summed E-state index contributed by atoms with van der Waals surface area (Å²) in [6.45, 7) is 5.31. The minimum absolute atomic E-state index is 0.106. The Morgan fingerprint density at radius 1 is 1.00 bits per heavy atom. The summed E-state index contributed by atoms with van der Waals surface area (Å²) < 4.78 is 5.23. The lowest BCUT2D eigenvalue weighted by Gasteiger charge is -2.20. The third-order valence-corrected chi connectivity index (χ3v) is 4.30. The maximum Gasteiger partial charge on any atom is 0.238 e. The van der Waals surface area contributed by atoms with Gasteiger partial charge in [-0.15, -0.1) is 0 Å². The van der Waals surface area contributed by atoms with Crippen molar-refractivity contribution >= 4 is 17.5 Å². The van der Waals surface area contributed by atoms with Crippen LogP contribution < -0.4 is 15.4 Å². The number of hydrogen-bond acceptors (Lipinski definition) is 4. The molecule has 0 unspecified atom stereocenters. The van der Waals surface area contributed by atoms with Crippen LogP contribution in [0, 0.1) is 6.92 Å². The number of para-hydroxylation sites is 2. The van der Waals surface area contributed by atoms with Crippen molar-refractivity contribution in [3.63, 3.8) is 0 Å². The Labute approximate surface area is 160 Å². The van der Waals surface area contributed by atoms with E-state index in [9.17, 15) is 9.59 Å². The monoisotopic (exact) mass is 369 g/mol. The number of methoxy groups -OCH3 is 1. The van der Waals surface area contributed by atoms with E-state index in [1.165, 1.54) is 0 Å². The number of hydrogen-bond donors (Lipinski definition) is 2. The van der Waals surface area contributed by atoms with Gasteiger partial charge in [0.25, 0.3) is 0 Å². The van der Waals surface area contributed by atoms with Crippen LogP contribution in [-0.2, 0) is 16.1 Å². The maximum absolute atomic E-state index is 12.3. The second-order valence-corrected chi connectivity index (χ2v) is 6.25. The van der Waals surface area contributed by atoms with Crippen molar-refractivity contribution < 1.29 is 14.3 Å². The zero-order chi connectivity index (χ0) is 19.6. The molecule has 0 aliphatic carbocycles. The first-order valence-corrected chi connectivity index (χ1v) is 9.00. The van der Waals surface area contributed by atoms with Crippen LogP contribution in [0.2, 0.25) is 0 Å². The number of nitrogens with one attached hydrogen (secondary N) is 2. The van der Waals surface area contributed by atoms with Crippen LogP contribution in [0.3, 0.4) is 0 Å². The highest BCUT2D eigenvalue weighted by Crippen LogP contribution is 2.22. The third kappa shape index (κ3) is 6.42. The Hall–Kier alpha value is -2.86. The van der Waals surface area contributed by atoms with Crippen LogP contribution in [-0.4, -0.2) is 43.5 Å². The SMILES string of the molecule is CCN(CC(=O)NCc1ccccc1C)CC(=O)Nc1ccccc1OC. The lowest BCUT2D eigenvalue weighted by atomic mass is 10.1. The highest BCUT2D eigenvalue weighted by molar-refractivity contribution is 5.94. The van der Waals surface area contributed by atoms with Crippen molar-refractivity contribution in [1.29, 1.82) is 0 Å². The molecule has 0 aliphatic heterocycles. The average molecular weight is 369 g/mol. The minimum Gasteiger partial charge on any atom is -0.495 e. The molecule has 2 N–H and O–H groups in total. The number of ether oxygens (including phenoxy) is 1. The zero-order valence-electron chi connectivity index (χ0n) is 16.1. The number of amides is 2. The van der Waals surface area contributed by atoms with Gasteiger partial charge in [0.1, 0.15) is 5.75 Å². The van der Waals surface area contributed by atoms with Gasteiger partial charge < -0.3 is 15.4 Å². The summed E-state index contributed by atoms with van der Waals surface area (Å²) in [5.41, 5.74) is 2.84. The number of nitrogens with zero attached hydrogens (tertiary/aromatic N) is 1. The summed E-state index contributed by atoms with van der Waals surface area (Å²) in [6.07, 6.45) is 0. The van der Waals surface area contributed by atoms with Gasteiger partial charge in [0.05, 0.1) is 25.9 Å². The molecule has 2 amide bonds. The van der Waals surface area contributed by atoms with Gasteiger partial charge in [0.2, 0.25) is 11.8 Å². The third-order valence-electron chi connectivity index (χ3n) is 4.30. The van der Waals surface area contributed by atoms with Crippen molar-refractivity contribution in [2.45, 2.75) is 20.4 Å². The number of carbonyl (C=O) groups is 2. The second-order valence-electron chi connectivity index (χ2n) is 6.25. The standard InChI is InChI=1S/C21H27N3O3/c1-4-24(14-20(25)22-13-17-10-6-5-9-16(17)2)15-21(26)23-18-11-7-8-12-19(18)27-3/h5-12H,4,13-15H2,1-3H3,(H,22,25)(H,23,26). The van der Waals surface area contributed by atoms with E-state index in [0.717, 1.165) is 11.1 Å². The fraction of sp³-hybridized carbons (Fsp3) is 0.333. The first-order valence-electron chi connectivity index (χ1n) is 9.00. The summed E-state index contributed by atoms with van der Waals surface area (Å²) in [6, 6.07) is 15.2. The summed E-state index contributed by atoms with van der Waals surface area (Å²) >= 11 is 0. The fourth-order valence-electron chi connectivity index (χ4n) is 2.68. The molecule has 6 nitrogen and oxygen atoms in total. The Morgan fingerprint density at radius 2 is 1.67 bits per heavy atom. The summed E-state index contributed by atoms with van der Waals surface area (Å²) in [5.74, 6) is 0.308. The molecule has 0 spiro atoms. The fourth-order valence-corrected chi connectivity index (χ4v) is 2.68. The van der Waals surface area contributed by atoms with Crippen LogP contribution in [0.5, 0.6) is 5.75 Å². The Balaban J connectivity index is 1.84. The molecule has 2 rings (SSSR count). The number of rotatable bonds is 9. The minimum atomic E-state index is -0.187. The van der Waals surface area contributed by atoms with Crippen LogP contribution in [0.25, 0.3) is 0 Å². The molecule has 0 aromatic heterocycles. The Morgan fingerprint density at radius 3 is 2.37 bits per heavy atom. The summed E-state index contributed by atoms with van der Waals surface area (Å²) in [4.78, 5) is 26.3. The molecule has 27 heavy (non-hydrogen) atoms. The summed E-state index contributed by atoms with van der Waals surface area (Å²) in [7, 11) is 1.56. The highest BCUT2D eigenvalue weighted by Gasteiger charge is 2.14. The highest BCUT2D eigenvalue weighted by atomic mass is 16.5. The van der Waals surface area contributed by atoms with E-state index in [4.69, 9.17) is 4.74 Å². The molecule has 0 radical (unpaired) electrons. The Kier molecular flexibility index (Phi) is 7.82. The van der Waals surface area contributed by atoms with Crippen LogP contribution in [0.4, 0.5) is 5.69 Å². The predicted molar refractivity (Wildman–Crippen MR) is 107 cm³/mol. The molecule has 0 saturated heterocycles. The quantitative estimate of drug-likeness (QED) is 0.713. The van der Waals surface area contributed by atoms with Crippen molar-refractivity contribution in [2.24, 2.45) is 0 Å². The molecule has 0 fully saturated rings. The number of likely N-dealkylation sites (N-methyl/N-ethyl adjacent to an activating group) is 1. The van der Waals surface area contributed by atoms with E-state index in [0.29, 0.717) is 24.5 Å². The van der Waals surface area contributed by atoms with Gasteiger partial charge in [-0.25, -0.2) is 0 Å². The van der Waals surface area contributed by atoms with Gasteiger partial charge in [-0.3, -0.25) is 14.5 Å². The molecule has 0 aliphatic rings. The molecule has 0 bridgehead atoms. The molecule has 2 aromatic carbocycles. The second kappa shape index (κ2) is 10.3. The lowest BCUT2D eigenvalue weighted by Crippen LogP contribution is -2.40. The first-order chi connectivity index (χ1) is 13.0. The molecule has 0 atom stereocenters. The number of anilines is 1. The van der Waals surface area contributed by atoms with Crippen LogP contribution in [0.15, 0.2) is 48.5 Å². The molecule has 2 aromatic rings. The Bertz CT molecular complexity index is 777. The average Bonchev–Trinajstić information content (AvgIpc) is 2.67. The first kappa shape index (κ1) is 20.5. The van der Waals surface area contributed by atoms with E-state index in [2.05, 4.69) is 10.6 Å². The van der Waals surface area contributed by atoms with Gasteiger partial charge in [0, 0.05) is 6.54 Å². The largest absolute Gasteiger partial charge is 0.495 e. The van der Waals surface area contributed by atoms with Gasteiger partial charge in [-0.05, 0) is 36.7 Å². The van der Waals surface area contributed by atoms with Crippen molar-refractivity contribution in [3.8, 4) is 5.75 Å². The van der Waals surface area contributed by atoms with E-state index < -0.39 is 0 Å². The maximum atomic E-state index is 12.3. The van der Waals surface area contributed by atoms with E-state index in [-0.39, 0.29) is 24.9 Å². The van der Waals surface area contributed by atoms with E-state index >= 15 is 0 Å². The zero-order valence-corrected chi connectivity index (χ0v) is 16.1. The topological polar surface area (TPSA) is 70.7 Å². The lowest BCUT2D eigenvalue weighted by molar-refractivity contribution is -0.123. The molecular formula is C21H27N3O3. The van der Waals surface area contributed by atoms with Gasteiger partial charge >= 0.3 is 0 Å². The van der Waals surface area contributed by atoms with E-state index in [1.54, 1.807) is 24.1 Å². The van der Waals surface area contributed by atoms with Gasteiger partial charge in [-0.2, -0.15) is 0 Å². The van der Waals surface area contributed by atoms with Crippen LogP contribution in [0.1, 0.15) is 18.1 Å². The predicted octanol–water partition coefficient (Wildman–Crippen LogP) is 2.58. The van der Waals surface area contributed by atoms with Gasteiger partial charge in [0.15, 0.2) is 0 Å². The summed E-state index contributed by atoms with van der Waals surface area (Å²) in [5, 5.41) is 5.74. The van der Waals surface area contributed by atoms with E-state index in [1.807, 2.05) is 50.2 Å². The van der Waals surface area contributed by atoms with Gasteiger partial charge in [-0.1, -0.05) is 43.3 Å².